The Morgan fingerprint density at radius 2 is 1.10 bits per heavy atom. The minimum absolute atomic E-state index is 0.114. The number of anilines is 3. The van der Waals surface area contributed by atoms with E-state index in [1.54, 1.807) is 48.5 Å². The van der Waals surface area contributed by atoms with E-state index in [0.717, 1.165) is 0 Å². The fourth-order valence-electron chi connectivity index (χ4n) is 4.58. The Morgan fingerprint density at radius 3 is 1.54 bits per heavy atom. The van der Waals surface area contributed by atoms with Crippen molar-refractivity contribution in [1.29, 1.82) is 0 Å². The van der Waals surface area contributed by atoms with Crippen LogP contribution in [-0.4, -0.2) is 42.4 Å². The van der Waals surface area contributed by atoms with Gasteiger partial charge in [0.2, 0.25) is 19.7 Å². The van der Waals surface area contributed by atoms with E-state index in [-0.39, 0.29) is 19.6 Å². The molecule has 0 saturated carbocycles. The minimum atomic E-state index is -3.84. The molecule has 0 aliphatic heterocycles. The molecule has 4 N–H and O–H groups in total. The van der Waals surface area contributed by atoms with E-state index in [4.69, 9.17) is 11.5 Å². The van der Waals surface area contributed by atoms with Gasteiger partial charge >= 0.3 is 0 Å². The molecule has 0 aromatic heterocycles. The minimum Gasteiger partial charge on any atom is -0.399 e. The lowest BCUT2D eigenvalue weighted by atomic mass is 10.1. The molecule has 12 heteroatoms. The molecule has 1 unspecified atom stereocenters. The third kappa shape index (κ3) is 6.62. The molecule has 1 atom stereocenters. The monoisotopic (exact) mass is 720 g/mol. The fraction of sp³-hybridized carbons (Fsp3) is 0.172. The van der Waals surface area contributed by atoms with Crippen LogP contribution in [0.1, 0.15) is 18.7 Å². The Kier molecular flexibility index (Phi) is 9.19. The zero-order chi connectivity index (χ0) is 30.1. The van der Waals surface area contributed by atoms with Crippen molar-refractivity contribution in [2.45, 2.75) is 32.7 Å². The Labute approximate surface area is 258 Å². The van der Waals surface area contributed by atoms with Crippen LogP contribution in [0.25, 0.3) is 0 Å². The summed E-state index contributed by atoms with van der Waals surface area (Å²) in [4.78, 5) is 4.45. The molecule has 0 fully saturated rings. The van der Waals surface area contributed by atoms with Crippen LogP contribution >= 0.6 is 31.9 Å². The van der Waals surface area contributed by atoms with Crippen LogP contribution in [0.5, 0.6) is 0 Å². The summed E-state index contributed by atoms with van der Waals surface area (Å²) in [6.45, 7) is 2.45. The molecule has 4 aromatic rings. The van der Waals surface area contributed by atoms with Crippen molar-refractivity contribution in [3.63, 3.8) is 0 Å². The van der Waals surface area contributed by atoms with Gasteiger partial charge in [0.05, 0.1) is 19.6 Å². The largest absolute Gasteiger partial charge is 0.399 e. The van der Waals surface area contributed by atoms with Gasteiger partial charge < -0.3 is 16.4 Å². The van der Waals surface area contributed by atoms with E-state index in [0.29, 0.717) is 38.1 Å². The predicted molar refractivity (Wildman–Crippen MR) is 170 cm³/mol. The molecule has 0 saturated heterocycles. The number of sulfone groups is 2. The number of nitrogens with two attached hydrogens (primary N) is 2. The van der Waals surface area contributed by atoms with Crippen molar-refractivity contribution >= 4 is 68.6 Å². The molecule has 41 heavy (non-hydrogen) atoms. The maximum atomic E-state index is 13.5. The van der Waals surface area contributed by atoms with Gasteiger partial charge in [0.25, 0.3) is 0 Å². The molecular weight excluding hydrogens is 692 g/mol. The predicted octanol–water partition coefficient (Wildman–Crippen LogP) is 6.13. The van der Waals surface area contributed by atoms with Crippen LogP contribution < -0.4 is 16.4 Å². The van der Waals surface area contributed by atoms with Crippen molar-refractivity contribution in [3.05, 3.63) is 99.4 Å². The third-order valence-corrected chi connectivity index (χ3v) is 10.9. The molecule has 0 bridgehead atoms. The molecule has 0 heterocycles. The second-order valence-corrected chi connectivity index (χ2v) is 15.4. The second kappa shape index (κ2) is 12.1. The summed E-state index contributed by atoms with van der Waals surface area (Å²) in [6.07, 6.45) is -0.445. The Hall–Kier alpha value is -2.90. The smallest absolute Gasteiger partial charge is 0.206 e. The Balaban J connectivity index is 1.82. The van der Waals surface area contributed by atoms with Gasteiger partial charge in [-0.25, -0.2) is 16.8 Å². The van der Waals surface area contributed by atoms with Crippen molar-refractivity contribution < 1.29 is 16.8 Å². The van der Waals surface area contributed by atoms with Gasteiger partial charge in [-0.05, 0) is 112 Å². The van der Waals surface area contributed by atoms with Crippen LogP contribution in [-0.2, 0) is 19.7 Å². The number of nitrogen functional groups attached to an aromatic ring is 2. The summed E-state index contributed by atoms with van der Waals surface area (Å²) >= 11 is 6.99. The summed E-state index contributed by atoms with van der Waals surface area (Å²) in [5.74, 6) is 0. The summed E-state index contributed by atoms with van der Waals surface area (Å²) in [5, 5.41) is 0. The highest BCUT2D eigenvalue weighted by molar-refractivity contribution is 9.10. The van der Waals surface area contributed by atoms with Crippen LogP contribution in [0.3, 0.4) is 0 Å². The van der Waals surface area contributed by atoms with Gasteiger partial charge in [0, 0.05) is 32.6 Å². The van der Waals surface area contributed by atoms with Gasteiger partial charge in [0.15, 0.2) is 0 Å². The number of hydrogen-bond donors (Lipinski definition) is 2. The zero-order valence-corrected chi connectivity index (χ0v) is 27.4. The molecule has 0 aliphatic rings. The van der Waals surface area contributed by atoms with E-state index in [2.05, 4.69) is 31.9 Å². The molecular formula is C29H30Br2N4O4S2. The molecule has 0 radical (unpaired) electrons. The van der Waals surface area contributed by atoms with E-state index < -0.39 is 25.8 Å². The molecule has 8 nitrogen and oxygen atoms in total. The fourth-order valence-corrected chi connectivity index (χ4v) is 8.54. The van der Waals surface area contributed by atoms with Gasteiger partial charge in [-0.2, -0.15) is 0 Å². The summed E-state index contributed by atoms with van der Waals surface area (Å²) in [5.41, 5.74) is 13.8. The first-order chi connectivity index (χ1) is 19.2. The third-order valence-electron chi connectivity index (χ3n) is 6.51. The van der Waals surface area contributed by atoms with E-state index in [9.17, 15) is 16.8 Å². The second-order valence-electron chi connectivity index (χ2n) is 9.63. The lowest BCUT2D eigenvalue weighted by molar-refractivity contribution is 0.289. The SMILES string of the molecule is CCN(c1cc(Br)cc(S(=O)(=O)c2ccc(N)cc2)c1)C(c1cc(Br)cc(S(=O)(=O)c2ccc(N)cc2)c1)N(C)C. The van der Waals surface area contributed by atoms with Crippen molar-refractivity contribution in [2.24, 2.45) is 0 Å². The quantitative estimate of drug-likeness (QED) is 0.156. The summed E-state index contributed by atoms with van der Waals surface area (Å²) < 4.78 is 55.3. The summed E-state index contributed by atoms with van der Waals surface area (Å²) in [6, 6.07) is 22.2. The molecule has 216 valence electrons. The molecule has 4 rings (SSSR count). The summed E-state index contributed by atoms with van der Waals surface area (Å²) in [7, 11) is -3.92. The van der Waals surface area contributed by atoms with Gasteiger partial charge in [0.1, 0.15) is 6.17 Å². The number of rotatable bonds is 9. The van der Waals surface area contributed by atoms with Gasteiger partial charge in [-0.15, -0.1) is 0 Å². The van der Waals surface area contributed by atoms with Gasteiger partial charge in [-0.1, -0.05) is 31.9 Å². The number of nitrogens with zero attached hydrogens (tertiary/aromatic N) is 2. The number of benzene rings is 4. The number of halogens is 2. The average molecular weight is 723 g/mol. The van der Waals surface area contributed by atoms with Crippen LogP contribution in [0.15, 0.2) is 113 Å². The zero-order valence-electron chi connectivity index (χ0n) is 22.6. The van der Waals surface area contributed by atoms with Crippen molar-refractivity contribution in [3.8, 4) is 0 Å². The highest BCUT2D eigenvalue weighted by Gasteiger charge is 2.28. The molecule has 0 amide bonds. The van der Waals surface area contributed by atoms with Crippen LogP contribution in [0, 0.1) is 0 Å². The van der Waals surface area contributed by atoms with Crippen LogP contribution in [0.4, 0.5) is 17.1 Å². The van der Waals surface area contributed by atoms with E-state index >= 15 is 0 Å². The Morgan fingerprint density at radius 1 is 0.659 bits per heavy atom. The maximum absolute atomic E-state index is 13.5. The topological polar surface area (TPSA) is 127 Å². The van der Waals surface area contributed by atoms with Gasteiger partial charge in [-0.3, -0.25) is 4.90 Å². The average Bonchev–Trinajstić information content (AvgIpc) is 2.91. The normalized spacial score (nSPS) is 12.8. The first kappa shape index (κ1) is 31.0. The lowest BCUT2D eigenvalue weighted by Gasteiger charge is -2.38. The van der Waals surface area contributed by atoms with Crippen molar-refractivity contribution in [1.82, 2.24) is 4.90 Å². The first-order valence-electron chi connectivity index (χ1n) is 12.5. The molecule has 0 spiro atoms. The lowest BCUT2D eigenvalue weighted by Crippen LogP contribution is -2.38. The number of hydrogen-bond acceptors (Lipinski definition) is 8. The van der Waals surface area contributed by atoms with Crippen LogP contribution in [0.2, 0.25) is 0 Å². The molecule has 0 aliphatic carbocycles. The maximum Gasteiger partial charge on any atom is 0.206 e. The Bertz CT molecular complexity index is 1780. The van der Waals surface area contributed by atoms with E-state index in [1.165, 1.54) is 24.3 Å². The highest BCUT2D eigenvalue weighted by Crippen LogP contribution is 2.36. The van der Waals surface area contributed by atoms with Crippen molar-refractivity contribution in [2.75, 3.05) is 37.0 Å². The van der Waals surface area contributed by atoms with E-state index in [1.807, 2.05) is 43.0 Å². The molecule has 4 aromatic carbocycles. The first-order valence-corrected chi connectivity index (χ1v) is 17.0. The standard InChI is InChI=1S/C29H30Br2N4O4S2/c1-4-35(24-15-21(31)17-28(18-24)41(38,39)26-11-7-23(33)8-12-26)29(34(2)3)19-13-20(30)16-27(14-19)40(36,37)25-9-5-22(32)6-10-25/h5-18,29H,4,32-33H2,1-3H3. The highest BCUT2D eigenvalue weighted by atomic mass is 79.9.